The number of imide groups is 1. The van der Waals surface area contributed by atoms with Gasteiger partial charge in [-0.05, 0) is 43.7 Å². The molecule has 3 rings (SSSR count). The molecule has 1 aliphatic heterocycles. The van der Waals surface area contributed by atoms with E-state index in [-0.39, 0.29) is 5.92 Å². The molecule has 8 nitrogen and oxygen atoms in total. The van der Waals surface area contributed by atoms with Crippen LogP contribution < -0.4 is 10.6 Å². The normalized spacial score (nSPS) is 21.8. The summed E-state index contributed by atoms with van der Waals surface area (Å²) >= 11 is 0. The van der Waals surface area contributed by atoms with Crippen molar-refractivity contribution >= 4 is 23.8 Å². The Labute approximate surface area is 157 Å². The van der Waals surface area contributed by atoms with Crippen molar-refractivity contribution in [3.63, 3.8) is 0 Å². The van der Waals surface area contributed by atoms with Crippen molar-refractivity contribution in [1.29, 1.82) is 0 Å². The van der Waals surface area contributed by atoms with Crippen LogP contribution in [-0.2, 0) is 25.7 Å². The molecule has 27 heavy (non-hydrogen) atoms. The quantitative estimate of drug-likeness (QED) is 0.545. The highest BCUT2D eigenvalue weighted by molar-refractivity contribution is 6.08. The van der Waals surface area contributed by atoms with Crippen molar-refractivity contribution in [3.8, 4) is 0 Å². The summed E-state index contributed by atoms with van der Waals surface area (Å²) < 4.78 is 4.90. The molecule has 2 aliphatic rings. The highest BCUT2D eigenvalue weighted by atomic mass is 16.5. The van der Waals surface area contributed by atoms with E-state index in [9.17, 15) is 19.2 Å². The van der Waals surface area contributed by atoms with Crippen LogP contribution in [0.2, 0.25) is 0 Å². The van der Waals surface area contributed by atoms with Crippen LogP contribution in [0.3, 0.4) is 0 Å². The van der Waals surface area contributed by atoms with Crippen molar-refractivity contribution in [3.05, 3.63) is 35.4 Å². The van der Waals surface area contributed by atoms with E-state index < -0.39 is 42.5 Å². The van der Waals surface area contributed by atoms with Gasteiger partial charge in [0.2, 0.25) is 0 Å². The van der Waals surface area contributed by atoms with Gasteiger partial charge >= 0.3 is 12.0 Å². The topological polar surface area (TPSA) is 105 Å². The van der Waals surface area contributed by atoms with Gasteiger partial charge in [-0.2, -0.15) is 0 Å². The number of hydrogen-bond donors (Lipinski definition) is 2. The zero-order valence-corrected chi connectivity index (χ0v) is 15.4. The second-order valence-electron chi connectivity index (χ2n) is 7.16. The van der Waals surface area contributed by atoms with Crippen LogP contribution in [0.15, 0.2) is 24.3 Å². The van der Waals surface area contributed by atoms with Gasteiger partial charge < -0.3 is 15.4 Å². The zero-order chi connectivity index (χ0) is 19.6. The van der Waals surface area contributed by atoms with Crippen LogP contribution in [-0.4, -0.2) is 47.4 Å². The van der Waals surface area contributed by atoms with Gasteiger partial charge in [-0.15, -0.1) is 0 Å². The maximum atomic E-state index is 12.4. The first-order valence-corrected chi connectivity index (χ1v) is 8.92. The molecule has 0 unspecified atom stereocenters. The molecule has 4 amide bonds. The number of nitrogens with zero attached hydrogens (tertiary/aromatic N) is 1. The van der Waals surface area contributed by atoms with E-state index in [1.807, 2.05) is 31.2 Å². The van der Waals surface area contributed by atoms with Gasteiger partial charge in [-0.25, -0.2) is 4.79 Å². The molecular weight excluding hydrogens is 350 g/mol. The lowest BCUT2D eigenvalue weighted by Crippen LogP contribution is -2.46. The van der Waals surface area contributed by atoms with Crippen molar-refractivity contribution in [2.75, 3.05) is 13.2 Å². The predicted molar refractivity (Wildman–Crippen MR) is 95.4 cm³/mol. The molecule has 1 heterocycles. The zero-order valence-electron chi connectivity index (χ0n) is 15.4. The predicted octanol–water partition coefficient (Wildman–Crippen LogP) is 0.875. The lowest BCUT2D eigenvalue weighted by molar-refractivity contribution is -0.151. The fourth-order valence-electron chi connectivity index (χ4n) is 3.17. The Morgan fingerprint density at radius 1 is 1.30 bits per heavy atom. The number of nitrogens with one attached hydrogen (secondary N) is 2. The van der Waals surface area contributed by atoms with Crippen LogP contribution in [0.5, 0.6) is 0 Å². The van der Waals surface area contributed by atoms with Crippen LogP contribution in [0.4, 0.5) is 4.79 Å². The van der Waals surface area contributed by atoms with Gasteiger partial charge in [0.1, 0.15) is 12.1 Å². The maximum absolute atomic E-state index is 12.4. The number of carbonyl (C=O) groups excluding carboxylic acids is 4. The number of esters is 1. The molecule has 0 aromatic heterocycles. The first kappa shape index (κ1) is 18.9. The third-order valence-corrected chi connectivity index (χ3v) is 5.08. The smallest absolute Gasteiger partial charge is 0.326 e. The monoisotopic (exact) mass is 373 g/mol. The molecule has 1 atom stereocenters. The number of ether oxygens (including phenoxy) is 1. The molecular formula is C19H23N3O5. The fourth-order valence-corrected chi connectivity index (χ4v) is 3.17. The third kappa shape index (κ3) is 4.10. The van der Waals surface area contributed by atoms with Gasteiger partial charge in [-0.1, -0.05) is 24.3 Å². The Bertz CT molecular complexity index is 789. The minimum Gasteiger partial charge on any atom is -0.454 e. The first-order valence-electron chi connectivity index (χ1n) is 8.92. The number of hydrogen-bond acceptors (Lipinski definition) is 5. The minimum absolute atomic E-state index is 0.113. The molecule has 1 aliphatic carbocycles. The SMILES string of the molecule is Cc1ccccc1CNC(=O)COC(=O)CN1C(=O)N[C@](C)(C2CC2)C1=O. The van der Waals surface area contributed by atoms with Gasteiger partial charge in [-0.3, -0.25) is 19.3 Å². The van der Waals surface area contributed by atoms with E-state index >= 15 is 0 Å². The number of rotatable bonds is 7. The Morgan fingerprint density at radius 3 is 2.67 bits per heavy atom. The molecule has 1 aromatic rings. The second-order valence-corrected chi connectivity index (χ2v) is 7.16. The van der Waals surface area contributed by atoms with Crippen LogP contribution in [0.25, 0.3) is 0 Å². The molecule has 0 bridgehead atoms. The summed E-state index contributed by atoms with van der Waals surface area (Å²) in [5, 5.41) is 5.32. The molecule has 1 aromatic carbocycles. The van der Waals surface area contributed by atoms with Crippen molar-refractivity contribution in [2.24, 2.45) is 5.92 Å². The summed E-state index contributed by atoms with van der Waals surface area (Å²) in [4.78, 5) is 49.1. The lowest BCUT2D eigenvalue weighted by atomic mass is 9.96. The first-order chi connectivity index (χ1) is 12.8. The van der Waals surface area contributed by atoms with E-state index in [2.05, 4.69) is 10.6 Å². The molecule has 144 valence electrons. The Kier molecular flexibility index (Phi) is 5.16. The van der Waals surface area contributed by atoms with Crippen molar-refractivity contribution in [2.45, 2.75) is 38.8 Å². The molecule has 0 radical (unpaired) electrons. The molecule has 1 saturated carbocycles. The van der Waals surface area contributed by atoms with Gasteiger partial charge in [0.05, 0.1) is 0 Å². The standard InChI is InChI=1S/C19H23N3O5/c1-12-5-3-4-6-13(12)9-20-15(23)11-27-16(24)10-22-17(25)19(2,14-7-8-14)21-18(22)26/h3-6,14H,7-11H2,1-2H3,(H,20,23)(H,21,26)/t19-/m1/s1. The molecule has 2 fully saturated rings. The lowest BCUT2D eigenvalue weighted by Gasteiger charge is -2.20. The molecule has 1 saturated heterocycles. The molecule has 2 N–H and O–H groups in total. The number of urea groups is 1. The number of aryl methyl sites for hydroxylation is 1. The van der Waals surface area contributed by atoms with Crippen molar-refractivity contribution in [1.82, 2.24) is 15.5 Å². The largest absolute Gasteiger partial charge is 0.454 e. The summed E-state index contributed by atoms with van der Waals surface area (Å²) in [6, 6.07) is 7.02. The third-order valence-electron chi connectivity index (χ3n) is 5.08. The number of carbonyl (C=O) groups is 4. The highest BCUT2D eigenvalue weighted by Crippen LogP contribution is 2.42. The van der Waals surface area contributed by atoms with Crippen LogP contribution in [0.1, 0.15) is 30.9 Å². The molecule has 8 heteroatoms. The van der Waals surface area contributed by atoms with E-state index in [1.165, 1.54) is 0 Å². The van der Waals surface area contributed by atoms with Gasteiger partial charge in [0.15, 0.2) is 6.61 Å². The summed E-state index contributed by atoms with van der Waals surface area (Å²) in [5.41, 5.74) is 1.07. The Hall–Kier alpha value is -2.90. The Morgan fingerprint density at radius 2 is 2.00 bits per heavy atom. The maximum Gasteiger partial charge on any atom is 0.326 e. The average molecular weight is 373 g/mol. The second kappa shape index (κ2) is 7.38. The van der Waals surface area contributed by atoms with E-state index in [1.54, 1.807) is 6.92 Å². The van der Waals surface area contributed by atoms with Gasteiger partial charge in [0, 0.05) is 6.54 Å². The summed E-state index contributed by atoms with van der Waals surface area (Å²) in [7, 11) is 0. The number of amides is 4. The summed E-state index contributed by atoms with van der Waals surface area (Å²) in [6.45, 7) is 2.98. The average Bonchev–Trinajstić information content (AvgIpc) is 3.45. The van der Waals surface area contributed by atoms with E-state index in [4.69, 9.17) is 4.74 Å². The molecule has 0 spiro atoms. The summed E-state index contributed by atoms with van der Waals surface area (Å²) in [6.07, 6.45) is 1.75. The minimum atomic E-state index is -0.942. The highest BCUT2D eigenvalue weighted by Gasteiger charge is 2.56. The Balaban J connectivity index is 1.44. The summed E-state index contributed by atoms with van der Waals surface area (Å²) in [5.74, 6) is -1.56. The van der Waals surface area contributed by atoms with Crippen molar-refractivity contribution < 1.29 is 23.9 Å². The van der Waals surface area contributed by atoms with E-state index in [0.29, 0.717) is 6.54 Å². The fraction of sp³-hybridized carbons (Fsp3) is 0.474. The van der Waals surface area contributed by atoms with Gasteiger partial charge in [0.25, 0.3) is 11.8 Å². The van der Waals surface area contributed by atoms with E-state index in [0.717, 1.165) is 28.9 Å². The van der Waals surface area contributed by atoms with Crippen LogP contribution >= 0.6 is 0 Å². The van der Waals surface area contributed by atoms with Crippen LogP contribution in [0, 0.1) is 12.8 Å². The number of benzene rings is 1.